The molecule has 2 aromatic heterocycles. The van der Waals surface area contributed by atoms with E-state index in [1.807, 2.05) is 38.2 Å². The van der Waals surface area contributed by atoms with Crippen molar-refractivity contribution in [2.24, 2.45) is 0 Å². The maximum atomic E-state index is 4.70. The second-order valence-electron chi connectivity index (χ2n) is 5.20. The van der Waals surface area contributed by atoms with Crippen LogP contribution in [0.5, 0.6) is 0 Å². The van der Waals surface area contributed by atoms with E-state index in [1.165, 1.54) is 10.9 Å². The van der Waals surface area contributed by atoms with Crippen molar-refractivity contribution in [3.8, 4) is 11.5 Å². The van der Waals surface area contributed by atoms with Gasteiger partial charge in [-0.3, -0.25) is 0 Å². The Labute approximate surface area is 124 Å². The molecule has 0 atom stereocenters. The Morgan fingerprint density at radius 2 is 1.81 bits per heavy atom. The Kier molecular flexibility index (Phi) is 3.62. The SMILES string of the molecule is CNCc1cc(C)nc(-c2cc(C)c3ccccc3n2)n1. The fraction of sp³-hybridized carbons (Fsp3) is 0.235. The number of nitrogens with one attached hydrogen (secondary N) is 1. The van der Waals surface area contributed by atoms with Gasteiger partial charge in [0.25, 0.3) is 0 Å². The number of benzene rings is 1. The van der Waals surface area contributed by atoms with E-state index in [1.54, 1.807) is 0 Å². The molecule has 0 unspecified atom stereocenters. The Bertz CT molecular complexity index is 796. The summed E-state index contributed by atoms with van der Waals surface area (Å²) in [6.07, 6.45) is 0. The van der Waals surface area contributed by atoms with E-state index in [4.69, 9.17) is 4.98 Å². The highest BCUT2D eigenvalue weighted by Gasteiger charge is 2.09. The molecule has 0 fully saturated rings. The summed E-state index contributed by atoms with van der Waals surface area (Å²) in [6, 6.07) is 12.2. The molecule has 4 nitrogen and oxygen atoms in total. The van der Waals surface area contributed by atoms with E-state index in [0.717, 1.165) is 29.1 Å². The number of fused-ring (bicyclic) bond motifs is 1. The minimum absolute atomic E-state index is 0.689. The molecule has 0 aliphatic carbocycles. The molecule has 0 saturated carbocycles. The lowest BCUT2D eigenvalue weighted by molar-refractivity contribution is 0.784. The zero-order chi connectivity index (χ0) is 14.8. The minimum atomic E-state index is 0.689. The average molecular weight is 278 g/mol. The van der Waals surface area contributed by atoms with Crippen LogP contribution in [0.2, 0.25) is 0 Å². The first-order valence-electron chi connectivity index (χ1n) is 7.03. The molecule has 1 aromatic carbocycles. The third-order valence-corrected chi connectivity index (χ3v) is 3.42. The average Bonchev–Trinajstić information content (AvgIpc) is 2.47. The Balaban J connectivity index is 2.16. The van der Waals surface area contributed by atoms with Gasteiger partial charge in [0.2, 0.25) is 0 Å². The summed E-state index contributed by atoms with van der Waals surface area (Å²) in [5.41, 5.74) is 4.93. The van der Waals surface area contributed by atoms with Crippen LogP contribution in [0.1, 0.15) is 17.0 Å². The van der Waals surface area contributed by atoms with Gasteiger partial charge in [0.15, 0.2) is 5.82 Å². The predicted octanol–water partition coefficient (Wildman–Crippen LogP) is 3.03. The largest absolute Gasteiger partial charge is 0.314 e. The van der Waals surface area contributed by atoms with Crippen molar-refractivity contribution in [1.82, 2.24) is 20.3 Å². The summed E-state index contributed by atoms with van der Waals surface area (Å²) in [5, 5.41) is 4.29. The Hall–Kier alpha value is -2.33. The first-order valence-corrected chi connectivity index (χ1v) is 7.03. The number of para-hydroxylation sites is 1. The first-order chi connectivity index (χ1) is 10.2. The quantitative estimate of drug-likeness (QED) is 0.800. The fourth-order valence-electron chi connectivity index (χ4n) is 2.48. The molecule has 1 N–H and O–H groups in total. The monoisotopic (exact) mass is 278 g/mol. The molecule has 0 aliphatic rings. The molecule has 0 aliphatic heterocycles. The number of hydrogen-bond donors (Lipinski definition) is 1. The van der Waals surface area contributed by atoms with Crippen LogP contribution >= 0.6 is 0 Å². The zero-order valence-corrected chi connectivity index (χ0v) is 12.5. The van der Waals surface area contributed by atoms with Crippen LogP contribution in [0.4, 0.5) is 0 Å². The number of rotatable bonds is 3. The van der Waals surface area contributed by atoms with Crippen LogP contribution in [-0.4, -0.2) is 22.0 Å². The molecule has 3 rings (SSSR count). The third kappa shape index (κ3) is 2.76. The highest BCUT2D eigenvalue weighted by Crippen LogP contribution is 2.22. The third-order valence-electron chi connectivity index (χ3n) is 3.42. The number of nitrogens with zero attached hydrogens (tertiary/aromatic N) is 3. The summed E-state index contributed by atoms with van der Waals surface area (Å²) in [6.45, 7) is 4.80. The van der Waals surface area contributed by atoms with Crippen LogP contribution in [0, 0.1) is 13.8 Å². The Morgan fingerprint density at radius 3 is 2.62 bits per heavy atom. The molecule has 0 spiro atoms. The molecule has 3 aromatic rings. The molecule has 2 heterocycles. The molecular weight excluding hydrogens is 260 g/mol. The van der Waals surface area contributed by atoms with E-state index < -0.39 is 0 Å². The molecule has 0 saturated heterocycles. The summed E-state index contributed by atoms with van der Waals surface area (Å²) < 4.78 is 0. The van der Waals surface area contributed by atoms with Crippen molar-refractivity contribution in [2.75, 3.05) is 7.05 Å². The van der Waals surface area contributed by atoms with E-state index in [2.05, 4.69) is 34.3 Å². The lowest BCUT2D eigenvalue weighted by atomic mass is 10.1. The summed E-state index contributed by atoms with van der Waals surface area (Å²) in [7, 11) is 1.91. The van der Waals surface area contributed by atoms with E-state index in [-0.39, 0.29) is 0 Å². The molecule has 106 valence electrons. The van der Waals surface area contributed by atoms with Crippen LogP contribution < -0.4 is 5.32 Å². The highest BCUT2D eigenvalue weighted by atomic mass is 14.9. The maximum absolute atomic E-state index is 4.70. The summed E-state index contributed by atoms with van der Waals surface area (Å²) >= 11 is 0. The number of hydrogen-bond acceptors (Lipinski definition) is 4. The van der Waals surface area contributed by atoms with E-state index in [9.17, 15) is 0 Å². The van der Waals surface area contributed by atoms with Gasteiger partial charge in [-0.25, -0.2) is 15.0 Å². The van der Waals surface area contributed by atoms with Crippen molar-refractivity contribution in [3.05, 3.63) is 53.3 Å². The van der Waals surface area contributed by atoms with Crippen molar-refractivity contribution in [2.45, 2.75) is 20.4 Å². The van der Waals surface area contributed by atoms with Gasteiger partial charge in [0.05, 0.1) is 11.2 Å². The molecular formula is C17H18N4. The predicted molar refractivity (Wildman–Crippen MR) is 85.0 cm³/mol. The van der Waals surface area contributed by atoms with Gasteiger partial charge >= 0.3 is 0 Å². The number of aromatic nitrogens is 3. The van der Waals surface area contributed by atoms with Gasteiger partial charge in [-0.15, -0.1) is 0 Å². The highest BCUT2D eigenvalue weighted by molar-refractivity contribution is 5.84. The van der Waals surface area contributed by atoms with Gasteiger partial charge in [0.1, 0.15) is 5.69 Å². The number of aryl methyl sites for hydroxylation is 2. The lowest BCUT2D eigenvalue weighted by Gasteiger charge is -2.08. The summed E-state index contributed by atoms with van der Waals surface area (Å²) in [4.78, 5) is 13.8. The molecule has 21 heavy (non-hydrogen) atoms. The van der Waals surface area contributed by atoms with Crippen molar-refractivity contribution in [1.29, 1.82) is 0 Å². The smallest absolute Gasteiger partial charge is 0.178 e. The van der Waals surface area contributed by atoms with Crippen molar-refractivity contribution in [3.63, 3.8) is 0 Å². The standard InChI is InChI=1S/C17H18N4/c1-11-8-16(21-15-7-5-4-6-14(11)15)17-19-12(2)9-13(20-17)10-18-3/h4-9,18H,10H2,1-3H3. The van der Waals surface area contributed by atoms with E-state index >= 15 is 0 Å². The maximum Gasteiger partial charge on any atom is 0.178 e. The lowest BCUT2D eigenvalue weighted by Crippen LogP contribution is -2.09. The molecule has 4 heteroatoms. The van der Waals surface area contributed by atoms with Crippen molar-refractivity contribution >= 4 is 10.9 Å². The van der Waals surface area contributed by atoms with Gasteiger partial charge < -0.3 is 5.32 Å². The fourth-order valence-corrected chi connectivity index (χ4v) is 2.48. The van der Waals surface area contributed by atoms with Crippen LogP contribution in [0.25, 0.3) is 22.4 Å². The zero-order valence-electron chi connectivity index (χ0n) is 12.5. The second-order valence-corrected chi connectivity index (χ2v) is 5.20. The van der Waals surface area contributed by atoms with Crippen molar-refractivity contribution < 1.29 is 0 Å². The van der Waals surface area contributed by atoms with Crippen LogP contribution in [0.3, 0.4) is 0 Å². The molecule has 0 bridgehead atoms. The topological polar surface area (TPSA) is 50.7 Å². The second kappa shape index (κ2) is 5.58. The van der Waals surface area contributed by atoms with Gasteiger partial charge in [-0.05, 0) is 44.7 Å². The van der Waals surface area contributed by atoms with Gasteiger partial charge in [-0.2, -0.15) is 0 Å². The first kappa shape index (κ1) is 13.6. The molecule has 0 amide bonds. The minimum Gasteiger partial charge on any atom is -0.314 e. The van der Waals surface area contributed by atoms with Crippen LogP contribution in [0.15, 0.2) is 36.4 Å². The van der Waals surface area contributed by atoms with Gasteiger partial charge in [-0.1, -0.05) is 18.2 Å². The van der Waals surface area contributed by atoms with E-state index in [0.29, 0.717) is 5.82 Å². The van der Waals surface area contributed by atoms with Crippen LogP contribution in [-0.2, 0) is 6.54 Å². The normalized spacial score (nSPS) is 11.0. The summed E-state index contributed by atoms with van der Waals surface area (Å²) in [5.74, 6) is 0.689. The van der Waals surface area contributed by atoms with Gasteiger partial charge in [0, 0.05) is 17.6 Å². The Morgan fingerprint density at radius 1 is 1.00 bits per heavy atom. The molecule has 0 radical (unpaired) electrons. The number of pyridine rings is 1.